The molecule has 1 amide bonds. The monoisotopic (exact) mass is 413 g/mol. The van der Waals surface area contributed by atoms with Crippen molar-refractivity contribution < 1.29 is 9.53 Å². The zero-order valence-electron chi connectivity index (χ0n) is 16.4. The predicted molar refractivity (Wildman–Crippen MR) is 113 cm³/mol. The normalized spacial score (nSPS) is 31.7. The van der Waals surface area contributed by atoms with E-state index >= 15 is 0 Å². The van der Waals surface area contributed by atoms with E-state index in [0.717, 1.165) is 55.6 Å². The van der Waals surface area contributed by atoms with Crippen molar-refractivity contribution >= 4 is 23.5 Å². The van der Waals surface area contributed by atoms with E-state index in [1.807, 2.05) is 12.2 Å². The van der Waals surface area contributed by atoms with Crippen molar-refractivity contribution in [1.29, 1.82) is 0 Å². The molecule has 29 heavy (non-hydrogen) atoms. The van der Waals surface area contributed by atoms with Gasteiger partial charge in [0.2, 0.25) is 5.91 Å². The maximum absolute atomic E-state index is 11.7. The van der Waals surface area contributed by atoms with Crippen LogP contribution in [0.15, 0.2) is 35.2 Å². The maximum Gasteiger partial charge on any atom is 0.248 e. The number of hydrogen-bond acceptors (Lipinski definition) is 7. The van der Waals surface area contributed by atoms with Crippen LogP contribution in [0.5, 0.6) is 0 Å². The number of allylic oxidation sites excluding steroid dienone is 1. The van der Waals surface area contributed by atoms with Crippen LogP contribution in [0, 0.1) is 0 Å². The topological polar surface area (TPSA) is 93.4 Å². The van der Waals surface area contributed by atoms with E-state index in [1.165, 1.54) is 12.8 Å². The number of nitrogens with zero attached hydrogens (tertiary/aromatic N) is 3. The molecule has 5 rings (SSSR count). The van der Waals surface area contributed by atoms with Crippen LogP contribution in [0.25, 0.3) is 0 Å². The molecule has 4 aliphatic rings. The Hall–Kier alpha value is -1.90. The summed E-state index contributed by atoms with van der Waals surface area (Å²) in [5, 5.41) is 4.96. The summed E-state index contributed by atoms with van der Waals surface area (Å²) in [4.78, 5) is 23.3. The molecule has 0 aromatic carbocycles. The zero-order chi connectivity index (χ0) is 19.8. The average molecular weight is 414 g/mol. The molecular weight excluding hydrogens is 386 g/mol. The summed E-state index contributed by atoms with van der Waals surface area (Å²) in [7, 11) is 0. The lowest BCUT2D eigenvalue weighted by molar-refractivity contribution is -0.114. The van der Waals surface area contributed by atoms with Crippen molar-refractivity contribution in [1.82, 2.24) is 14.9 Å². The molecule has 8 heteroatoms. The number of ether oxygens (including phenoxy) is 1. The van der Waals surface area contributed by atoms with Gasteiger partial charge >= 0.3 is 0 Å². The minimum Gasteiger partial charge on any atom is -0.379 e. The van der Waals surface area contributed by atoms with Crippen molar-refractivity contribution in [2.75, 3.05) is 31.6 Å². The maximum atomic E-state index is 11.7. The molecule has 3 N–H and O–H groups in total. The highest BCUT2D eigenvalue weighted by Gasteiger charge is 2.37. The fourth-order valence-corrected chi connectivity index (χ4v) is 6.17. The number of aromatic nitrogens is 2. The second-order valence-corrected chi connectivity index (χ2v) is 9.36. The Morgan fingerprint density at radius 3 is 2.76 bits per heavy atom. The number of nitrogens with two attached hydrogens (primary N) is 1. The smallest absolute Gasteiger partial charge is 0.248 e. The summed E-state index contributed by atoms with van der Waals surface area (Å²) < 4.78 is 5.49. The van der Waals surface area contributed by atoms with E-state index < -0.39 is 0 Å². The predicted octanol–water partition coefficient (Wildman–Crippen LogP) is 2.07. The summed E-state index contributed by atoms with van der Waals surface area (Å²) in [5.41, 5.74) is 7.19. The first-order valence-electron chi connectivity index (χ1n) is 10.5. The van der Waals surface area contributed by atoms with E-state index in [0.29, 0.717) is 17.7 Å². The minimum absolute atomic E-state index is 0.0934. The second kappa shape index (κ2) is 8.08. The fourth-order valence-electron chi connectivity index (χ4n) is 4.93. The minimum atomic E-state index is -0.383. The first-order valence-corrected chi connectivity index (χ1v) is 11.4. The SMILES string of the molecule is NC(=O)C1=CC2c3c(N[C@H]4CC[C@H](N5CCOCC5)CC4)ncnc3SC2C=C1. The lowest BCUT2D eigenvalue weighted by Gasteiger charge is -2.39. The quantitative estimate of drug-likeness (QED) is 0.730. The number of rotatable bonds is 4. The van der Waals surface area contributed by atoms with E-state index in [9.17, 15) is 4.79 Å². The Kier molecular flexibility index (Phi) is 5.32. The molecule has 2 fully saturated rings. The third-order valence-electron chi connectivity index (χ3n) is 6.49. The molecule has 1 saturated heterocycles. The number of carbonyl (C=O) groups is 1. The number of fused-ring (bicyclic) bond motifs is 3. The molecule has 1 aromatic heterocycles. The van der Waals surface area contributed by atoms with Crippen molar-refractivity contribution in [2.45, 2.75) is 54.0 Å². The third-order valence-corrected chi connectivity index (χ3v) is 7.76. The van der Waals surface area contributed by atoms with Crippen molar-refractivity contribution in [3.63, 3.8) is 0 Å². The van der Waals surface area contributed by atoms with Gasteiger partial charge in [0.1, 0.15) is 17.2 Å². The lowest BCUT2D eigenvalue weighted by Crippen LogP contribution is -2.46. The molecule has 1 aromatic rings. The largest absolute Gasteiger partial charge is 0.379 e. The van der Waals surface area contributed by atoms with Crippen LogP contribution in [0.2, 0.25) is 0 Å². The Labute approximate surface area is 175 Å². The summed E-state index contributed by atoms with van der Waals surface area (Å²) in [5.74, 6) is 0.627. The van der Waals surface area contributed by atoms with Crippen molar-refractivity contribution in [2.24, 2.45) is 5.73 Å². The van der Waals surface area contributed by atoms with Crippen LogP contribution in [0.1, 0.15) is 37.2 Å². The van der Waals surface area contributed by atoms with Gasteiger partial charge in [-0.15, -0.1) is 0 Å². The first-order chi connectivity index (χ1) is 14.2. The molecule has 0 bridgehead atoms. The van der Waals surface area contributed by atoms with Crippen LogP contribution in [0.3, 0.4) is 0 Å². The van der Waals surface area contributed by atoms with Gasteiger partial charge in [-0.25, -0.2) is 9.97 Å². The molecule has 2 aliphatic heterocycles. The Morgan fingerprint density at radius 2 is 2.00 bits per heavy atom. The summed E-state index contributed by atoms with van der Waals surface area (Å²) >= 11 is 1.74. The van der Waals surface area contributed by atoms with E-state index in [4.69, 9.17) is 10.5 Å². The Morgan fingerprint density at radius 1 is 1.21 bits per heavy atom. The molecule has 154 valence electrons. The number of nitrogens with one attached hydrogen (secondary N) is 1. The lowest BCUT2D eigenvalue weighted by atomic mass is 9.88. The highest BCUT2D eigenvalue weighted by atomic mass is 32.2. The molecule has 2 aliphatic carbocycles. The number of amides is 1. The fraction of sp³-hybridized carbons (Fsp3) is 0.571. The van der Waals surface area contributed by atoms with Gasteiger partial charge < -0.3 is 15.8 Å². The molecule has 0 spiro atoms. The van der Waals surface area contributed by atoms with Crippen molar-refractivity contribution in [3.05, 3.63) is 35.7 Å². The average Bonchev–Trinajstić information content (AvgIpc) is 3.13. The number of anilines is 1. The summed E-state index contributed by atoms with van der Waals surface area (Å²) in [6.45, 7) is 3.84. The molecule has 0 radical (unpaired) electrons. The summed E-state index contributed by atoms with van der Waals surface area (Å²) in [6, 6.07) is 1.10. The van der Waals surface area contributed by atoms with Gasteiger partial charge in [-0.05, 0) is 25.7 Å². The third kappa shape index (κ3) is 3.81. The highest BCUT2D eigenvalue weighted by molar-refractivity contribution is 8.00. The van der Waals surface area contributed by atoms with E-state index in [1.54, 1.807) is 18.1 Å². The van der Waals surface area contributed by atoms with Gasteiger partial charge in [0, 0.05) is 47.5 Å². The van der Waals surface area contributed by atoms with Gasteiger partial charge in [0.05, 0.1) is 13.2 Å². The molecule has 7 nitrogen and oxygen atoms in total. The van der Waals surface area contributed by atoms with E-state index in [-0.39, 0.29) is 17.1 Å². The number of primary amides is 1. The zero-order valence-corrected chi connectivity index (χ0v) is 17.2. The number of carbonyl (C=O) groups excluding carboxylic acids is 1. The van der Waals surface area contributed by atoms with Crippen LogP contribution >= 0.6 is 11.8 Å². The van der Waals surface area contributed by atoms with E-state index in [2.05, 4.69) is 26.3 Å². The number of morpholine rings is 1. The number of thioether (sulfide) groups is 1. The van der Waals surface area contributed by atoms with Crippen LogP contribution in [-0.4, -0.2) is 64.4 Å². The van der Waals surface area contributed by atoms with Crippen LogP contribution in [-0.2, 0) is 9.53 Å². The molecule has 2 unspecified atom stereocenters. The van der Waals surface area contributed by atoms with Gasteiger partial charge in [-0.1, -0.05) is 30.0 Å². The summed E-state index contributed by atoms with van der Waals surface area (Å²) in [6.07, 6.45) is 12.2. The molecule has 3 heterocycles. The van der Waals surface area contributed by atoms with Crippen molar-refractivity contribution in [3.8, 4) is 0 Å². The Bertz CT molecular complexity index is 843. The van der Waals surface area contributed by atoms with Gasteiger partial charge in [0.15, 0.2) is 0 Å². The standard InChI is InChI=1S/C21H27N5O2S/c22-19(27)13-1-6-17-16(11-13)18-20(23-12-24-21(18)29-17)25-14-2-4-15(5-3-14)26-7-9-28-10-8-26/h1,6,11-12,14-17H,2-5,7-10H2,(H2,22,27)(H,23,24,25)/t14-,15-,16?,17?. The van der Waals surface area contributed by atoms with Gasteiger partial charge in [-0.3, -0.25) is 9.69 Å². The first kappa shape index (κ1) is 19.1. The molecule has 1 saturated carbocycles. The van der Waals surface area contributed by atoms with Crippen LogP contribution < -0.4 is 11.1 Å². The molecular formula is C21H27N5O2S. The highest BCUT2D eigenvalue weighted by Crippen LogP contribution is 2.50. The van der Waals surface area contributed by atoms with Gasteiger partial charge in [-0.2, -0.15) is 0 Å². The molecule has 2 atom stereocenters. The Balaban J connectivity index is 1.29. The number of hydrogen-bond donors (Lipinski definition) is 2. The van der Waals surface area contributed by atoms with Crippen LogP contribution in [0.4, 0.5) is 5.82 Å². The second-order valence-electron chi connectivity index (χ2n) is 8.19. The van der Waals surface area contributed by atoms with Gasteiger partial charge in [0.25, 0.3) is 0 Å².